The summed E-state index contributed by atoms with van der Waals surface area (Å²) in [7, 11) is 0. The highest BCUT2D eigenvalue weighted by atomic mass is 35.5. The first-order valence-electron chi connectivity index (χ1n) is 4.60. The largest absolute Gasteiger partial charge is 0.319 e. The maximum absolute atomic E-state index is 13.4. The van der Waals surface area contributed by atoms with E-state index in [2.05, 4.69) is 17.9 Å². The van der Waals surface area contributed by atoms with Crippen LogP contribution in [0.15, 0.2) is 34.5 Å². The Hall–Kier alpha value is -1.04. The summed E-state index contributed by atoms with van der Waals surface area (Å²) in [6.07, 6.45) is 0. The molecular weight excluding hydrogens is 281 g/mol. The molecule has 1 amide bonds. The van der Waals surface area contributed by atoms with Crippen molar-refractivity contribution in [2.24, 2.45) is 0 Å². The minimum atomic E-state index is -0.523. The van der Waals surface area contributed by atoms with Gasteiger partial charge in [0.05, 0.1) is 10.6 Å². The molecule has 0 saturated carbocycles. The van der Waals surface area contributed by atoms with Crippen LogP contribution in [-0.2, 0) is 0 Å². The Morgan fingerprint density at radius 2 is 2.18 bits per heavy atom. The standard InChI is InChI=1S/C11H7ClFNOS2/c12-6-1-2-8(13)9(3-6)14-11(15)10-4-7(16)5-17-10/h1-5,16H,(H,14,15). The normalized spacial score (nSPS) is 10.3. The summed E-state index contributed by atoms with van der Waals surface area (Å²) in [6, 6.07) is 5.61. The maximum atomic E-state index is 13.4. The van der Waals surface area contributed by atoms with Gasteiger partial charge in [-0.1, -0.05) is 11.6 Å². The van der Waals surface area contributed by atoms with E-state index >= 15 is 0 Å². The highest BCUT2D eigenvalue weighted by Crippen LogP contribution is 2.22. The van der Waals surface area contributed by atoms with E-state index in [0.717, 1.165) is 0 Å². The van der Waals surface area contributed by atoms with Crippen molar-refractivity contribution < 1.29 is 9.18 Å². The fraction of sp³-hybridized carbons (Fsp3) is 0. The van der Waals surface area contributed by atoms with Gasteiger partial charge < -0.3 is 5.32 Å². The highest BCUT2D eigenvalue weighted by Gasteiger charge is 2.11. The molecular formula is C11H7ClFNOS2. The van der Waals surface area contributed by atoms with Crippen LogP contribution in [0.4, 0.5) is 10.1 Å². The molecule has 0 bridgehead atoms. The zero-order valence-corrected chi connectivity index (χ0v) is 10.9. The van der Waals surface area contributed by atoms with Crippen molar-refractivity contribution in [2.75, 3.05) is 5.32 Å². The topological polar surface area (TPSA) is 29.1 Å². The van der Waals surface area contributed by atoms with Gasteiger partial charge in [0.15, 0.2) is 0 Å². The fourth-order valence-corrected chi connectivity index (χ4v) is 2.44. The summed E-state index contributed by atoms with van der Waals surface area (Å²) in [4.78, 5) is 12.9. The maximum Gasteiger partial charge on any atom is 0.265 e. The zero-order valence-electron chi connectivity index (χ0n) is 8.41. The van der Waals surface area contributed by atoms with Crippen LogP contribution in [0.1, 0.15) is 9.67 Å². The molecule has 2 nitrogen and oxygen atoms in total. The number of amides is 1. The van der Waals surface area contributed by atoms with E-state index < -0.39 is 5.82 Å². The van der Waals surface area contributed by atoms with Crippen molar-refractivity contribution in [3.63, 3.8) is 0 Å². The van der Waals surface area contributed by atoms with Crippen LogP contribution in [-0.4, -0.2) is 5.91 Å². The molecule has 0 saturated heterocycles. The number of carbonyl (C=O) groups excluding carboxylic acids is 1. The number of hydrogen-bond donors (Lipinski definition) is 2. The number of hydrogen-bond acceptors (Lipinski definition) is 3. The summed E-state index contributed by atoms with van der Waals surface area (Å²) in [5, 5.41) is 4.55. The summed E-state index contributed by atoms with van der Waals surface area (Å²) in [6.45, 7) is 0. The number of benzene rings is 1. The molecule has 0 radical (unpaired) electrons. The fourth-order valence-electron chi connectivity index (χ4n) is 1.22. The number of halogens is 2. The number of thiol groups is 1. The third kappa shape index (κ3) is 3.00. The van der Waals surface area contributed by atoms with E-state index in [4.69, 9.17) is 11.6 Å². The molecule has 0 fully saturated rings. The quantitative estimate of drug-likeness (QED) is 0.801. The lowest BCUT2D eigenvalue weighted by Crippen LogP contribution is -2.11. The van der Waals surface area contributed by atoms with Gasteiger partial charge in [0, 0.05) is 15.3 Å². The Labute approximate surface area is 112 Å². The lowest BCUT2D eigenvalue weighted by molar-refractivity contribution is 0.103. The first-order chi connectivity index (χ1) is 8.06. The average Bonchev–Trinajstić information content (AvgIpc) is 2.70. The summed E-state index contributed by atoms with van der Waals surface area (Å²) >= 11 is 11.1. The van der Waals surface area contributed by atoms with Crippen LogP contribution < -0.4 is 5.32 Å². The molecule has 1 aromatic carbocycles. The lowest BCUT2D eigenvalue weighted by atomic mass is 10.3. The van der Waals surface area contributed by atoms with Crippen LogP contribution >= 0.6 is 35.6 Å². The van der Waals surface area contributed by atoms with E-state index in [1.54, 1.807) is 11.4 Å². The molecule has 2 rings (SSSR count). The predicted molar refractivity (Wildman–Crippen MR) is 70.9 cm³/mol. The molecule has 0 unspecified atom stereocenters. The molecule has 1 heterocycles. The van der Waals surface area contributed by atoms with Crippen molar-refractivity contribution in [1.29, 1.82) is 0 Å². The van der Waals surface area contributed by atoms with Crippen LogP contribution in [0.25, 0.3) is 0 Å². The van der Waals surface area contributed by atoms with Crippen molar-refractivity contribution in [2.45, 2.75) is 4.90 Å². The summed E-state index contributed by atoms with van der Waals surface area (Å²) < 4.78 is 13.4. The van der Waals surface area contributed by atoms with E-state index in [-0.39, 0.29) is 11.6 Å². The molecule has 0 aliphatic rings. The molecule has 0 atom stereocenters. The van der Waals surface area contributed by atoms with Crippen molar-refractivity contribution in [3.8, 4) is 0 Å². The first kappa shape index (κ1) is 12.4. The predicted octanol–water partition coefficient (Wildman–Crippen LogP) is 4.08. The zero-order chi connectivity index (χ0) is 12.4. The molecule has 0 aliphatic carbocycles. The second-order valence-corrected chi connectivity index (χ2v) is 5.11. The van der Waals surface area contributed by atoms with E-state index in [9.17, 15) is 9.18 Å². The second kappa shape index (κ2) is 5.08. The van der Waals surface area contributed by atoms with E-state index in [1.165, 1.54) is 29.5 Å². The van der Waals surface area contributed by atoms with Gasteiger partial charge in [-0.3, -0.25) is 4.79 Å². The van der Waals surface area contributed by atoms with Crippen molar-refractivity contribution in [1.82, 2.24) is 0 Å². The van der Waals surface area contributed by atoms with Crippen molar-refractivity contribution in [3.05, 3.63) is 45.4 Å². The van der Waals surface area contributed by atoms with E-state index in [0.29, 0.717) is 14.8 Å². The number of carbonyl (C=O) groups is 1. The molecule has 88 valence electrons. The lowest BCUT2D eigenvalue weighted by Gasteiger charge is -2.05. The van der Waals surface area contributed by atoms with E-state index in [1.807, 2.05) is 0 Å². The second-order valence-electron chi connectivity index (χ2n) is 3.25. The van der Waals surface area contributed by atoms with Crippen LogP contribution in [0.2, 0.25) is 5.02 Å². The third-order valence-electron chi connectivity index (χ3n) is 1.99. The monoisotopic (exact) mass is 287 g/mol. The molecule has 1 aromatic heterocycles. The van der Waals surface area contributed by atoms with Crippen molar-refractivity contribution >= 4 is 47.2 Å². The summed E-state index contributed by atoms with van der Waals surface area (Å²) in [5.41, 5.74) is 0.0663. The SMILES string of the molecule is O=C(Nc1cc(Cl)ccc1F)c1cc(S)cs1. The van der Waals surface area contributed by atoms with Crippen LogP contribution in [0.5, 0.6) is 0 Å². The molecule has 1 N–H and O–H groups in total. The minimum Gasteiger partial charge on any atom is -0.319 e. The summed E-state index contributed by atoms with van der Waals surface area (Å²) in [5.74, 6) is -0.901. The average molecular weight is 288 g/mol. The Balaban J connectivity index is 2.21. The number of rotatable bonds is 2. The van der Waals surface area contributed by atoms with Gasteiger partial charge in [-0.05, 0) is 24.3 Å². The van der Waals surface area contributed by atoms with Gasteiger partial charge in [-0.15, -0.1) is 24.0 Å². The molecule has 6 heteroatoms. The Morgan fingerprint density at radius 3 is 2.82 bits per heavy atom. The molecule has 2 aromatic rings. The molecule has 17 heavy (non-hydrogen) atoms. The Morgan fingerprint density at radius 1 is 1.41 bits per heavy atom. The Kier molecular flexibility index (Phi) is 3.71. The van der Waals surface area contributed by atoms with Gasteiger partial charge in [-0.2, -0.15) is 0 Å². The number of anilines is 1. The molecule has 0 aliphatic heterocycles. The number of thiophene rings is 1. The van der Waals surface area contributed by atoms with Gasteiger partial charge in [-0.25, -0.2) is 4.39 Å². The van der Waals surface area contributed by atoms with Gasteiger partial charge in [0.2, 0.25) is 0 Å². The highest BCUT2D eigenvalue weighted by molar-refractivity contribution is 7.80. The van der Waals surface area contributed by atoms with Gasteiger partial charge >= 0.3 is 0 Å². The van der Waals surface area contributed by atoms with Crippen LogP contribution in [0, 0.1) is 5.82 Å². The van der Waals surface area contributed by atoms with Gasteiger partial charge in [0.1, 0.15) is 5.82 Å². The first-order valence-corrected chi connectivity index (χ1v) is 6.30. The number of nitrogens with one attached hydrogen (secondary N) is 1. The molecule has 0 spiro atoms. The minimum absolute atomic E-state index is 0.0663. The van der Waals surface area contributed by atoms with Crippen LogP contribution in [0.3, 0.4) is 0 Å². The van der Waals surface area contributed by atoms with Gasteiger partial charge in [0.25, 0.3) is 5.91 Å². The Bertz CT molecular complexity index is 570. The smallest absolute Gasteiger partial charge is 0.265 e. The third-order valence-corrected chi connectivity index (χ3v) is 3.58.